The SMILES string of the molecule is Cn1nncc1-c1cn([C@@H](CCOC(F)F)c2ccc(-c3c(-n4cc(Cl)nn4)ccc(Cl)c3F)c[n+]2[O-])cn1. The van der Waals surface area contributed by atoms with Crippen molar-refractivity contribution in [2.24, 2.45) is 7.05 Å². The van der Waals surface area contributed by atoms with Crippen LogP contribution >= 0.6 is 23.2 Å². The van der Waals surface area contributed by atoms with Crippen molar-refractivity contribution in [2.75, 3.05) is 6.61 Å². The Morgan fingerprint density at radius 1 is 1.13 bits per heavy atom. The molecule has 0 bridgehead atoms. The zero-order valence-electron chi connectivity index (χ0n) is 20.0. The first-order valence-electron chi connectivity index (χ1n) is 11.3. The van der Waals surface area contributed by atoms with Crippen LogP contribution in [0.15, 0.2) is 55.4 Å². The fourth-order valence-corrected chi connectivity index (χ4v) is 4.43. The second kappa shape index (κ2) is 11.0. The minimum absolute atomic E-state index is 0.00794. The van der Waals surface area contributed by atoms with Gasteiger partial charge >= 0.3 is 6.61 Å². The number of pyridine rings is 1. The van der Waals surface area contributed by atoms with Crippen LogP contribution in [-0.4, -0.2) is 52.8 Å². The van der Waals surface area contributed by atoms with E-state index in [1.807, 2.05) is 0 Å². The first-order chi connectivity index (χ1) is 18.7. The Balaban J connectivity index is 1.55. The predicted octanol–water partition coefficient (Wildman–Crippen LogP) is 4.22. The van der Waals surface area contributed by atoms with Crippen LogP contribution in [-0.2, 0) is 11.8 Å². The van der Waals surface area contributed by atoms with E-state index in [-0.39, 0.29) is 45.7 Å². The van der Waals surface area contributed by atoms with E-state index in [9.17, 15) is 14.0 Å². The molecule has 0 aliphatic rings. The molecule has 1 atom stereocenters. The van der Waals surface area contributed by atoms with Crippen molar-refractivity contribution >= 4 is 23.2 Å². The van der Waals surface area contributed by atoms with E-state index < -0.39 is 18.5 Å². The van der Waals surface area contributed by atoms with Crippen LogP contribution in [0, 0.1) is 11.0 Å². The lowest BCUT2D eigenvalue weighted by Crippen LogP contribution is -2.35. The van der Waals surface area contributed by atoms with Crippen molar-refractivity contribution < 1.29 is 22.6 Å². The molecule has 0 saturated heterocycles. The number of halogens is 5. The van der Waals surface area contributed by atoms with Gasteiger partial charge in [0.25, 0.3) is 0 Å². The van der Waals surface area contributed by atoms with Crippen molar-refractivity contribution in [1.29, 1.82) is 0 Å². The number of alkyl halides is 2. The molecule has 0 fully saturated rings. The van der Waals surface area contributed by atoms with Gasteiger partial charge in [0, 0.05) is 25.7 Å². The number of hydrogen-bond donors (Lipinski definition) is 0. The summed E-state index contributed by atoms with van der Waals surface area (Å²) in [5.41, 5.74) is 1.72. The van der Waals surface area contributed by atoms with E-state index in [1.165, 1.54) is 52.4 Å². The molecule has 0 N–H and O–H groups in total. The number of benzene rings is 1. The average Bonchev–Trinajstić information content (AvgIpc) is 3.65. The Hall–Kier alpha value is -4.01. The molecule has 5 rings (SSSR count). The van der Waals surface area contributed by atoms with Gasteiger partial charge in [-0.25, -0.2) is 18.7 Å². The third-order valence-electron chi connectivity index (χ3n) is 5.93. The quantitative estimate of drug-likeness (QED) is 0.189. The minimum Gasteiger partial charge on any atom is -0.618 e. The van der Waals surface area contributed by atoms with Gasteiger partial charge in [-0.3, -0.25) is 0 Å². The Bertz CT molecular complexity index is 1620. The molecule has 0 radical (unpaired) electrons. The summed E-state index contributed by atoms with van der Waals surface area (Å²) in [4.78, 5) is 4.34. The summed E-state index contributed by atoms with van der Waals surface area (Å²) in [5.74, 6) is -0.778. The summed E-state index contributed by atoms with van der Waals surface area (Å²) in [5, 5.41) is 28.5. The fourth-order valence-electron chi connectivity index (χ4n) is 4.15. The van der Waals surface area contributed by atoms with Crippen LogP contribution in [0.2, 0.25) is 10.2 Å². The predicted molar refractivity (Wildman–Crippen MR) is 133 cm³/mol. The van der Waals surface area contributed by atoms with Crippen LogP contribution < -0.4 is 4.73 Å². The molecule has 0 aliphatic carbocycles. The van der Waals surface area contributed by atoms with Gasteiger partial charge in [0.2, 0.25) is 5.69 Å². The Morgan fingerprint density at radius 2 is 1.95 bits per heavy atom. The van der Waals surface area contributed by atoms with Crippen molar-refractivity contribution in [1.82, 2.24) is 39.5 Å². The molecule has 5 aromatic rings. The number of aromatic nitrogens is 9. The minimum atomic E-state index is -2.97. The highest BCUT2D eigenvalue weighted by Gasteiger charge is 2.26. The van der Waals surface area contributed by atoms with Gasteiger partial charge in [0.1, 0.15) is 17.4 Å². The largest absolute Gasteiger partial charge is 0.618 e. The highest BCUT2D eigenvalue weighted by Crippen LogP contribution is 2.34. The van der Waals surface area contributed by atoms with Gasteiger partial charge < -0.3 is 14.5 Å². The summed E-state index contributed by atoms with van der Waals surface area (Å²) in [7, 11) is 1.69. The fraction of sp³-hybridized carbons (Fsp3) is 0.217. The van der Waals surface area contributed by atoms with Gasteiger partial charge in [-0.05, 0) is 18.2 Å². The third kappa shape index (κ3) is 5.44. The first-order valence-corrected chi connectivity index (χ1v) is 12.1. The summed E-state index contributed by atoms with van der Waals surface area (Å²) in [6, 6.07) is 5.09. The molecule has 0 aliphatic heterocycles. The van der Waals surface area contributed by atoms with Crippen molar-refractivity contribution in [3.8, 4) is 28.2 Å². The van der Waals surface area contributed by atoms with Crippen molar-refractivity contribution in [2.45, 2.75) is 19.1 Å². The zero-order valence-corrected chi connectivity index (χ0v) is 21.5. The molecule has 0 amide bonds. The molecule has 16 heteroatoms. The number of aryl methyl sites for hydroxylation is 1. The van der Waals surface area contributed by atoms with Crippen molar-refractivity contribution in [3.05, 3.63) is 82.3 Å². The van der Waals surface area contributed by atoms with E-state index in [4.69, 9.17) is 23.2 Å². The van der Waals surface area contributed by atoms with Crippen molar-refractivity contribution in [3.63, 3.8) is 0 Å². The maximum atomic E-state index is 15.3. The second-order valence-corrected chi connectivity index (χ2v) is 9.09. The van der Waals surface area contributed by atoms with E-state index >= 15 is 4.39 Å². The summed E-state index contributed by atoms with van der Waals surface area (Å²) < 4.78 is 50.0. The van der Waals surface area contributed by atoms with Crippen LogP contribution in [0.25, 0.3) is 28.2 Å². The van der Waals surface area contributed by atoms with Gasteiger partial charge in [0.15, 0.2) is 17.2 Å². The number of nitrogens with zero attached hydrogens (tertiary/aromatic N) is 9. The van der Waals surface area contributed by atoms with Crippen LogP contribution in [0.5, 0.6) is 0 Å². The molecule has 202 valence electrons. The van der Waals surface area contributed by atoms with Gasteiger partial charge in [0.05, 0.1) is 47.2 Å². The molecule has 4 aromatic heterocycles. The van der Waals surface area contributed by atoms with E-state index in [0.717, 1.165) is 6.20 Å². The molecule has 0 saturated carbocycles. The average molecular weight is 580 g/mol. The molecular weight excluding hydrogens is 562 g/mol. The Morgan fingerprint density at radius 3 is 2.62 bits per heavy atom. The Kier molecular flexibility index (Phi) is 7.50. The van der Waals surface area contributed by atoms with Gasteiger partial charge in [-0.1, -0.05) is 33.6 Å². The lowest BCUT2D eigenvalue weighted by atomic mass is 10.0. The number of ether oxygens (including phenoxy) is 1. The first kappa shape index (κ1) is 26.6. The van der Waals surface area contributed by atoms with Gasteiger partial charge in [-0.2, -0.15) is 13.5 Å². The highest BCUT2D eigenvalue weighted by atomic mass is 35.5. The lowest BCUT2D eigenvalue weighted by Gasteiger charge is -2.19. The Labute approximate surface area is 228 Å². The second-order valence-electron chi connectivity index (χ2n) is 8.29. The maximum absolute atomic E-state index is 15.3. The molecule has 0 unspecified atom stereocenters. The molecule has 0 spiro atoms. The number of imidazole rings is 1. The summed E-state index contributed by atoms with van der Waals surface area (Å²) in [6.07, 6.45) is 7.18. The number of hydrogen-bond acceptors (Lipinski definition) is 7. The van der Waals surface area contributed by atoms with Crippen LogP contribution in [0.3, 0.4) is 0 Å². The van der Waals surface area contributed by atoms with Crippen LogP contribution in [0.4, 0.5) is 13.2 Å². The molecule has 39 heavy (non-hydrogen) atoms. The molecule has 11 nitrogen and oxygen atoms in total. The molecule has 1 aromatic carbocycles. The zero-order chi connectivity index (χ0) is 27.7. The molecular formula is C23H18Cl2F3N9O2. The van der Waals surface area contributed by atoms with E-state index in [1.54, 1.807) is 17.8 Å². The van der Waals surface area contributed by atoms with E-state index in [2.05, 4.69) is 30.3 Å². The summed E-state index contributed by atoms with van der Waals surface area (Å²) >= 11 is 11.9. The third-order valence-corrected chi connectivity index (χ3v) is 6.40. The monoisotopic (exact) mass is 579 g/mol. The lowest BCUT2D eigenvalue weighted by molar-refractivity contribution is -0.615. The smallest absolute Gasteiger partial charge is 0.345 e. The standard InChI is InChI=1S/C23H18Cl2F3N9O2/c1-34-19(8-30-32-34)15-10-35(12-29-15)16(6-7-39-23(27)28)17-4-2-13(9-37(17)38)21-18(5-3-14(24)22(21)26)36-11-20(25)31-33-36/h2-5,8-12,16,23H,6-7H2,1H3/t16-/m0/s1. The maximum Gasteiger partial charge on any atom is 0.345 e. The highest BCUT2D eigenvalue weighted by molar-refractivity contribution is 6.31. The van der Waals surface area contributed by atoms with Crippen LogP contribution in [0.1, 0.15) is 18.2 Å². The normalized spacial score (nSPS) is 12.4. The van der Waals surface area contributed by atoms with E-state index in [0.29, 0.717) is 16.1 Å². The molecule has 4 heterocycles. The van der Waals surface area contributed by atoms with Gasteiger partial charge in [-0.15, -0.1) is 10.2 Å². The topological polar surface area (TPSA) is 115 Å². The summed E-state index contributed by atoms with van der Waals surface area (Å²) in [6.45, 7) is -3.31. The number of rotatable bonds is 9.